The number of aliphatic imine (C=N–C) groups is 1. The van der Waals surface area contributed by atoms with E-state index in [1.54, 1.807) is 0 Å². The Labute approximate surface area is 110 Å². The van der Waals surface area contributed by atoms with Crippen LogP contribution in [0.15, 0.2) is 4.99 Å². The number of aliphatic carboxylic acids is 1. The van der Waals surface area contributed by atoms with Crippen molar-refractivity contribution in [2.75, 3.05) is 6.61 Å². The molecule has 1 saturated carbocycles. The van der Waals surface area contributed by atoms with Gasteiger partial charge in [0, 0.05) is 12.8 Å². The van der Waals surface area contributed by atoms with Gasteiger partial charge in [-0.25, -0.2) is 4.99 Å². The Morgan fingerprint density at radius 2 is 2.05 bits per heavy atom. The predicted octanol–water partition coefficient (Wildman–Crippen LogP) is -1.76. The Bertz CT molecular complexity index is 381. The molecular weight excluding hydrogens is 252 g/mol. The number of carboxylic acids is 1. The van der Waals surface area contributed by atoms with Gasteiger partial charge in [-0.2, -0.15) is 0 Å². The topological polar surface area (TPSA) is 151 Å². The van der Waals surface area contributed by atoms with Crippen molar-refractivity contribution < 1.29 is 19.8 Å². The Morgan fingerprint density at radius 1 is 1.42 bits per heavy atom. The summed E-state index contributed by atoms with van der Waals surface area (Å²) in [5.74, 6) is -2.20. The molecule has 1 rings (SSSR count). The minimum atomic E-state index is -0.919. The van der Waals surface area contributed by atoms with E-state index in [4.69, 9.17) is 16.6 Å². The summed E-state index contributed by atoms with van der Waals surface area (Å²) in [5, 5.41) is 21.0. The van der Waals surface area contributed by atoms with Crippen LogP contribution in [0.25, 0.3) is 0 Å². The zero-order valence-electron chi connectivity index (χ0n) is 10.7. The highest BCUT2D eigenvalue weighted by Gasteiger charge is 2.42. The molecule has 2 unspecified atom stereocenters. The smallest absolute Gasteiger partial charge is 0.306 e. The van der Waals surface area contributed by atoms with Crippen LogP contribution in [0, 0.1) is 11.8 Å². The second kappa shape index (κ2) is 6.37. The fraction of sp³-hybridized carbons (Fsp3) is 0.727. The highest BCUT2D eigenvalue weighted by atomic mass is 16.4. The van der Waals surface area contributed by atoms with E-state index in [0.29, 0.717) is 12.8 Å². The van der Waals surface area contributed by atoms with Gasteiger partial charge >= 0.3 is 5.97 Å². The molecule has 108 valence electrons. The Morgan fingerprint density at radius 3 is 2.47 bits per heavy atom. The maximum atomic E-state index is 11.1. The molecule has 8 heteroatoms. The number of hydrogen-bond acceptors (Lipinski definition) is 4. The largest absolute Gasteiger partial charge is 0.481 e. The molecule has 4 atom stereocenters. The summed E-state index contributed by atoms with van der Waals surface area (Å²) >= 11 is 0. The minimum Gasteiger partial charge on any atom is -0.481 e. The summed E-state index contributed by atoms with van der Waals surface area (Å²) in [7, 11) is 0. The summed E-state index contributed by atoms with van der Waals surface area (Å²) < 4.78 is 0. The first-order valence-corrected chi connectivity index (χ1v) is 6.04. The van der Waals surface area contributed by atoms with Gasteiger partial charge in [0.25, 0.3) is 0 Å². The molecule has 0 aliphatic heterocycles. The van der Waals surface area contributed by atoms with Crippen molar-refractivity contribution in [1.29, 1.82) is 0 Å². The molecule has 1 aliphatic carbocycles. The van der Waals surface area contributed by atoms with Crippen LogP contribution < -0.4 is 16.8 Å². The monoisotopic (exact) mass is 272 g/mol. The van der Waals surface area contributed by atoms with Crippen LogP contribution in [0.2, 0.25) is 0 Å². The summed E-state index contributed by atoms with van der Waals surface area (Å²) in [6, 6.07) is -0.954. The van der Waals surface area contributed by atoms with Gasteiger partial charge in [0.15, 0.2) is 5.96 Å². The van der Waals surface area contributed by atoms with Crippen molar-refractivity contribution in [2.45, 2.75) is 31.8 Å². The molecule has 0 radical (unpaired) electrons. The number of carbonyl (C=O) groups is 2. The Kier molecular flexibility index (Phi) is 5.11. The van der Waals surface area contributed by atoms with E-state index in [1.807, 2.05) is 0 Å². The van der Waals surface area contributed by atoms with Gasteiger partial charge in [0.2, 0.25) is 5.91 Å². The lowest BCUT2D eigenvalue weighted by Crippen LogP contribution is -2.44. The highest BCUT2D eigenvalue weighted by Crippen LogP contribution is 2.35. The number of rotatable bonds is 5. The molecule has 0 bridgehead atoms. The molecule has 0 aromatic carbocycles. The molecule has 7 N–H and O–H groups in total. The molecule has 1 amide bonds. The van der Waals surface area contributed by atoms with Gasteiger partial charge in [-0.15, -0.1) is 0 Å². The average Bonchev–Trinajstić information content (AvgIpc) is 2.68. The second-order valence-electron chi connectivity index (χ2n) is 4.78. The van der Waals surface area contributed by atoms with Gasteiger partial charge in [0.1, 0.15) is 0 Å². The molecule has 1 fully saturated rings. The van der Waals surface area contributed by atoms with E-state index in [-0.39, 0.29) is 24.4 Å². The van der Waals surface area contributed by atoms with Gasteiger partial charge in [-0.3, -0.25) is 9.59 Å². The number of aliphatic hydroxyl groups is 1. The minimum absolute atomic E-state index is 0.124. The third-order valence-electron chi connectivity index (χ3n) is 3.34. The normalized spacial score (nSPS) is 27.6. The molecule has 0 aromatic rings. The first kappa shape index (κ1) is 15.2. The van der Waals surface area contributed by atoms with Crippen LogP contribution in [0.3, 0.4) is 0 Å². The van der Waals surface area contributed by atoms with Crippen LogP contribution in [-0.2, 0) is 9.59 Å². The molecule has 0 heterocycles. The van der Waals surface area contributed by atoms with Crippen molar-refractivity contribution in [3.05, 3.63) is 0 Å². The third kappa shape index (κ3) is 4.09. The molecule has 0 aromatic heterocycles. The third-order valence-corrected chi connectivity index (χ3v) is 3.34. The first-order chi connectivity index (χ1) is 8.85. The molecular formula is C11H20N4O4. The van der Waals surface area contributed by atoms with E-state index >= 15 is 0 Å². The highest BCUT2D eigenvalue weighted by molar-refractivity contribution is 5.76. The maximum Gasteiger partial charge on any atom is 0.306 e. The number of nitrogens with zero attached hydrogens (tertiary/aromatic N) is 1. The lowest BCUT2D eigenvalue weighted by atomic mass is 9.94. The van der Waals surface area contributed by atoms with Gasteiger partial charge in [0.05, 0.1) is 24.6 Å². The molecule has 19 heavy (non-hydrogen) atoms. The van der Waals surface area contributed by atoms with E-state index in [1.165, 1.54) is 6.92 Å². The zero-order valence-corrected chi connectivity index (χ0v) is 10.7. The van der Waals surface area contributed by atoms with E-state index in [9.17, 15) is 14.7 Å². The van der Waals surface area contributed by atoms with Crippen LogP contribution in [0.5, 0.6) is 0 Å². The second-order valence-corrected chi connectivity index (χ2v) is 4.78. The van der Waals surface area contributed by atoms with Crippen LogP contribution in [-0.4, -0.2) is 46.7 Å². The summed E-state index contributed by atoms with van der Waals surface area (Å²) in [4.78, 5) is 26.2. The van der Waals surface area contributed by atoms with Crippen LogP contribution in [0.4, 0.5) is 0 Å². The van der Waals surface area contributed by atoms with Gasteiger partial charge in [-0.1, -0.05) is 0 Å². The Balaban J connectivity index is 2.89. The van der Waals surface area contributed by atoms with Gasteiger partial charge in [-0.05, 0) is 12.8 Å². The summed E-state index contributed by atoms with van der Waals surface area (Å²) in [6.07, 6.45) is 0.621. The maximum absolute atomic E-state index is 11.1. The van der Waals surface area contributed by atoms with Crippen molar-refractivity contribution in [3.63, 3.8) is 0 Å². The van der Waals surface area contributed by atoms with Crippen molar-refractivity contribution in [2.24, 2.45) is 28.3 Å². The Hall–Kier alpha value is -1.83. The van der Waals surface area contributed by atoms with Crippen molar-refractivity contribution >= 4 is 17.8 Å². The molecule has 8 nitrogen and oxygen atoms in total. The van der Waals surface area contributed by atoms with Crippen molar-refractivity contribution in [1.82, 2.24) is 5.32 Å². The lowest BCUT2D eigenvalue weighted by molar-refractivity contribution is -0.141. The fourth-order valence-electron chi connectivity index (χ4n) is 2.57. The van der Waals surface area contributed by atoms with E-state index in [2.05, 4.69) is 10.3 Å². The van der Waals surface area contributed by atoms with E-state index in [0.717, 1.165) is 0 Å². The van der Waals surface area contributed by atoms with Crippen LogP contribution in [0.1, 0.15) is 19.8 Å². The predicted molar refractivity (Wildman–Crippen MR) is 68.1 cm³/mol. The summed E-state index contributed by atoms with van der Waals surface area (Å²) in [6.45, 7) is 1.05. The number of hydrogen-bond donors (Lipinski definition) is 5. The number of carbonyl (C=O) groups excluding carboxylic acids is 1. The first-order valence-electron chi connectivity index (χ1n) is 6.04. The number of guanidine groups is 1. The van der Waals surface area contributed by atoms with E-state index < -0.39 is 24.0 Å². The molecule has 0 spiro atoms. The number of nitrogens with one attached hydrogen (secondary N) is 1. The van der Waals surface area contributed by atoms with Gasteiger partial charge < -0.3 is 27.0 Å². The van der Waals surface area contributed by atoms with Crippen LogP contribution >= 0.6 is 0 Å². The number of nitrogens with two attached hydrogens (primary N) is 2. The fourth-order valence-corrected chi connectivity index (χ4v) is 2.57. The zero-order chi connectivity index (χ0) is 14.6. The molecule has 0 saturated heterocycles. The molecule has 1 aliphatic rings. The van der Waals surface area contributed by atoms with Crippen molar-refractivity contribution in [3.8, 4) is 0 Å². The number of amides is 1. The number of aliphatic hydroxyl groups excluding tert-OH is 1. The number of carboxylic acid groups (broad SMARTS) is 1. The summed E-state index contributed by atoms with van der Waals surface area (Å²) in [5.41, 5.74) is 10.7. The quantitative estimate of drug-likeness (QED) is 0.295. The average molecular weight is 272 g/mol. The standard InChI is InChI=1S/C11H20N4O4/c1-5(17)14-9(4-16)7-2-6(10(18)19)3-8(7)15-11(12)13/h6-9,16H,2-4H2,1H3,(H,14,17)(H,18,19)(H4,12,13,15)/t6?,7-,8+,9?/m1/s1. The SMILES string of the molecule is CC(=O)NC(CO)[C@@H]1CC(C(=O)O)C[C@@H]1N=C(N)N. The lowest BCUT2D eigenvalue weighted by Gasteiger charge is -2.25.